The van der Waals surface area contributed by atoms with Gasteiger partial charge in [-0.15, -0.1) is 11.3 Å². The third kappa shape index (κ3) is 3.93. The van der Waals surface area contributed by atoms with E-state index in [0.717, 1.165) is 0 Å². The highest BCUT2D eigenvalue weighted by molar-refractivity contribution is 7.12. The van der Waals surface area contributed by atoms with Crippen LogP contribution in [0.4, 0.5) is 5.69 Å². The summed E-state index contributed by atoms with van der Waals surface area (Å²) in [5.41, 5.74) is 1.16. The van der Waals surface area contributed by atoms with Gasteiger partial charge in [-0.2, -0.15) is 5.26 Å². The molecular weight excluding hydrogens is 298 g/mol. The van der Waals surface area contributed by atoms with Gasteiger partial charge in [0.15, 0.2) is 0 Å². The Morgan fingerprint density at radius 3 is 2.59 bits per heavy atom. The van der Waals surface area contributed by atoms with Crippen LogP contribution in [0.15, 0.2) is 41.8 Å². The first kappa shape index (κ1) is 15.7. The number of carbonyl (C=O) groups is 2. The number of nitrogens with zero attached hydrogens (tertiary/aromatic N) is 2. The average Bonchev–Trinajstić information content (AvgIpc) is 3.07. The average molecular weight is 313 g/mol. The number of carbonyl (C=O) groups excluding carboxylic acids is 2. The molecule has 0 radical (unpaired) electrons. The Hall–Kier alpha value is -2.65. The van der Waals surface area contributed by atoms with Crippen LogP contribution < -0.4 is 5.32 Å². The summed E-state index contributed by atoms with van der Waals surface area (Å²) in [4.78, 5) is 26.2. The van der Waals surface area contributed by atoms with E-state index in [2.05, 4.69) is 5.32 Å². The Kier molecular flexibility index (Phi) is 5.28. The molecule has 5 nitrogen and oxygen atoms in total. The van der Waals surface area contributed by atoms with Crippen LogP contribution in [0, 0.1) is 11.3 Å². The van der Waals surface area contributed by atoms with Crippen molar-refractivity contribution in [2.24, 2.45) is 0 Å². The number of hydrogen-bond donors (Lipinski definition) is 1. The molecule has 0 aliphatic carbocycles. The number of nitrogens with one attached hydrogen (secondary N) is 1. The maximum absolute atomic E-state index is 12.1. The molecular formula is C16H15N3O2S. The van der Waals surface area contributed by atoms with E-state index in [1.54, 1.807) is 37.4 Å². The monoisotopic (exact) mass is 313 g/mol. The van der Waals surface area contributed by atoms with Crippen molar-refractivity contribution < 1.29 is 9.59 Å². The lowest BCUT2D eigenvalue weighted by Gasteiger charge is -2.15. The van der Waals surface area contributed by atoms with E-state index in [4.69, 9.17) is 5.26 Å². The smallest absolute Gasteiger partial charge is 0.265 e. The summed E-state index contributed by atoms with van der Waals surface area (Å²) in [6.45, 7) is 0.395. The van der Waals surface area contributed by atoms with Gasteiger partial charge < -0.3 is 10.2 Å². The molecule has 2 amide bonds. The second kappa shape index (κ2) is 7.38. The van der Waals surface area contributed by atoms with Crippen LogP contribution in [-0.2, 0) is 0 Å². The first-order valence-electron chi connectivity index (χ1n) is 6.69. The molecule has 22 heavy (non-hydrogen) atoms. The van der Waals surface area contributed by atoms with Gasteiger partial charge in [0.25, 0.3) is 11.8 Å². The summed E-state index contributed by atoms with van der Waals surface area (Å²) >= 11 is 1.37. The molecule has 0 atom stereocenters. The van der Waals surface area contributed by atoms with E-state index >= 15 is 0 Å². The molecule has 2 aromatic rings. The van der Waals surface area contributed by atoms with Crippen LogP contribution in [0.2, 0.25) is 0 Å². The summed E-state index contributed by atoms with van der Waals surface area (Å²) in [5, 5.41) is 13.2. The van der Waals surface area contributed by atoms with Gasteiger partial charge in [0.1, 0.15) is 0 Å². The van der Waals surface area contributed by atoms with Crippen molar-refractivity contribution in [2.45, 2.75) is 6.42 Å². The minimum absolute atomic E-state index is 0.147. The van der Waals surface area contributed by atoms with Gasteiger partial charge in [0.05, 0.1) is 17.4 Å². The Balaban J connectivity index is 2.00. The zero-order valence-electron chi connectivity index (χ0n) is 12.1. The molecule has 0 unspecified atom stereocenters. The molecule has 0 saturated carbocycles. The number of rotatable bonds is 5. The Bertz CT molecular complexity index is 687. The highest BCUT2D eigenvalue weighted by Crippen LogP contribution is 2.15. The molecule has 1 aromatic carbocycles. The zero-order chi connectivity index (χ0) is 15.9. The van der Waals surface area contributed by atoms with Crippen molar-refractivity contribution in [1.29, 1.82) is 5.26 Å². The summed E-state index contributed by atoms with van der Waals surface area (Å²) in [7, 11) is 1.66. The zero-order valence-corrected chi connectivity index (χ0v) is 12.9. The van der Waals surface area contributed by atoms with Crippen LogP contribution in [0.3, 0.4) is 0 Å². The fraction of sp³-hybridized carbons (Fsp3) is 0.188. The van der Waals surface area contributed by atoms with Gasteiger partial charge in [-0.1, -0.05) is 6.07 Å². The Morgan fingerprint density at radius 2 is 2.00 bits per heavy atom. The largest absolute Gasteiger partial charge is 0.341 e. The molecule has 0 aliphatic rings. The number of benzene rings is 1. The minimum Gasteiger partial charge on any atom is -0.341 e. The van der Waals surface area contributed by atoms with Crippen LogP contribution in [0.5, 0.6) is 0 Å². The maximum atomic E-state index is 12.1. The van der Waals surface area contributed by atoms with E-state index in [-0.39, 0.29) is 11.8 Å². The van der Waals surface area contributed by atoms with Crippen LogP contribution >= 0.6 is 11.3 Å². The number of hydrogen-bond acceptors (Lipinski definition) is 4. The lowest BCUT2D eigenvalue weighted by atomic mass is 10.2. The molecule has 1 N–H and O–H groups in total. The van der Waals surface area contributed by atoms with E-state index in [0.29, 0.717) is 29.1 Å². The summed E-state index contributed by atoms with van der Waals surface area (Å²) < 4.78 is 0. The first-order chi connectivity index (χ1) is 10.6. The van der Waals surface area contributed by atoms with Gasteiger partial charge in [-0.05, 0) is 35.7 Å². The number of thiophene rings is 1. The molecule has 0 spiro atoms. The van der Waals surface area contributed by atoms with Crippen molar-refractivity contribution in [1.82, 2.24) is 4.90 Å². The normalized spacial score (nSPS) is 9.82. The van der Waals surface area contributed by atoms with Gasteiger partial charge in [0, 0.05) is 24.8 Å². The van der Waals surface area contributed by atoms with Crippen molar-refractivity contribution in [3.8, 4) is 6.07 Å². The number of anilines is 1. The van der Waals surface area contributed by atoms with Gasteiger partial charge in [0.2, 0.25) is 0 Å². The van der Waals surface area contributed by atoms with Crippen LogP contribution in [-0.4, -0.2) is 30.3 Å². The van der Waals surface area contributed by atoms with E-state index in [1.165, 1.54) is 16.2 Å². The molecule has 0 saturated heterocycles. The molecule has 0 fully saturated rings. The SMILES string of the molecule is CN(CCC#N)C(=O)c1ccc(NC(=O)c2cccs2)cc1. The molecule has 1 aromatic heterocycles. The quantitative estimate of drug-likeness (QED) is 0.922. The predicted molar refractivity (Wildman–Crippen MR) is 85.9 cm³/mol. The van der Waals surface area contributed by atoms with Gasteiger partial charge in [-0.25, -0.2) is 0 Å². The molecule has 6 heteroatoms. The summed E-state index contributed by atoms with van der Waals surface area (Å²) in [6, 6.07) is 12.3. The second-order valence-corrected chi connectivity index (χ2v) is 5.59. The number of nitriles is 1. The van der Waals surface area contributed by atoms with Crippen LogP contribution in [0.25, 0.3) is 0 Å². The predicted octanol–water partition coefficient (Wildman–Crippen LogP) is 2.99. The molecule has 2 rings (SSSR count). The third-order valence-electron chi connectivity index (χ3n) is 3.04. The fourth-order valence-corrected chi connectivity index (χ4v) is 2.46. The highest BCUT2D eigenvalue weighted by atomic mass is 32.1. The van der Waals surface area contributed by atoms with Crippen molar-refractivity contribution in [3.63, 3.8) is 0 Å². The third-order valence-corrected chi connectivity index (χ3v) is 3.91. The highest BCUT2D eigenvalue weighted by Gasteiger charge is 2.12. The first-order valence-corrected chi connectivity index (χ1v) is 7.57. The van der Waals surface area contributed by atoms with Gasteiger partial charge in [-0.3, -0.25) is 9.59 Å². The standard InChI is InChI=1S/C16H15N3O2S/c1-19(10-3-9-17)16(21)12-5-7-13(8-6-12)18-15(20)14-4-2-11-22-14/h2,4-8,11H,3,10H2,1H3,(H,18,20). The topological polar surface area (TPSA) is 73.2 Å². The van der Waals surface area contributed by atoms with E-state index in [9.17, 15) is 9.59 Å². The summed E-state index contributed by atoms with van der Waals surface area (Å²) in [5.74, 6) is -0.313. The molecule has 0 aliphatic heterocycles. The maximum Gasteiger partial charge on any atom is 0.265 e. The summed E-state index contributed by atoms with van der Waals surface area (Å²) in [6.07, 6.45) is 0.303. The Morgan fingerprint density at radius 1 is 1.27 bits per heavy atom. The fourth-order valence-electron chi connectivity index (χ4n) is 1.84. The minimum atomic E-state index is -0.166. The van der Waals surface area contributed by atoms with Crippen molar-refractivity contribution >= 4 is 28.8 Å². The molecule has 112 valence electrons. The second-order valence-electron chi connectivity index (χ2n) is 4.64. The lowest BCUT2D eigenvalue weighted by Crippen LogP contribution is -2.27. The van der Waals surface area contributed by atoms with Crippen molar-refractivity contribution in [3.05, 3.63) is 52.2 Å². The van der Waals surface area contributed by atoms with E-state index in [1.807, 2.05) is 17.5 Å². The molecule has 1 heterocycles. The Labute approximate surface area is 132 Å². The van der Waals surface area contributed by atoms with E-state index < -0.39 is 0 Å². The number of amides is 2. The lowest BCUT2D eigenvalue weighted by molar-refractivity contribution is 0.0798. The van der Waals surface area contributed by atoms with Crippen molar-refractivity contribution in [2.75, 3.05) is 18.9 Å². The van der Waals surface area contributed by atoms with Gasteiger partial charge >= 0.3 is 0 Å². The van der Waals surface area contributed by atoms with Crippen LogP contribution in [0.1, 0.15) is 26.5 Å². The molecule has 0 bridgehead atoms.